The van der Waals surface area contributed by atoms with Gasteiger partial charge in [-0.2, -0.15) is 0 Å². The van der Waals surface area contributed by atoms with Crippen LogP contribution in [0.25, 0.3) is 0 Å². The molecule has 0 aliphatic rings. The molecule has 0 spiro atoms. The van der Waals surface area contributed by atoms with Gasteiger partial charge < -0.3 is 0 Å². The summed E-state index contributed by atoms with van der Waals surface area (Å²) >= 11 is -0.887. The van der Waals surface area contributed by atoms with E-state index >= 15 is 0 Å². The molecule has 0 aliphatic heterocycles. The Balaban J connectivity index is 1.96. The molecule has 14 heavy (non-hydrogen) atoms. The van der Waals surface area contributed by atoms with E-state index in [1.54, 1.807) is 0 Å². The first-order chi connectivity index (χ1) is 6.95. The third kappa shape index (κ3) is 2.77. The van der Waals surface area contributed by atoms with Crippen molar-refractivity contribution >= 4 is 25.1 Å². The van der Waals surface area contributed by atoms with E-state index in [2.05, 4.69) is 24.3 Å². The van der Waals surface area contributed by atoms with Crippen LogP contribution in [-0.2, 0) is 0 Å². The van der Waals surface area contributed by atoms with Crippen LogP contribution in [0.15, 0.2) is 60.7 Å². The maximum atomic E-state index is 5.76. The summed E-state index contributed by atoms with van der Waals surface area (Å²) in [7, 11) is 0. The van der Waals surface area contributed by atoms with E-state index in [-0.39, 0.29) is 0 Å². The molecular weight excluding hydrogens is 279 g/mol. The van der Waals surface area contributed by atoms with Crippen molar-refractivity contribution in [2.75, 3.05) is 0 Å². The predicted octanol–water partition coefficient (Wildman–Crippen LogP) is 2.01. The van der Waals surface area contributed by atoms with Gasteiger partial charge in [-0.1, -0.05) is 0 Å². The second kappa shape index (κ2) is 5.05. The molecule has 0 amide bonds. The molecule has 2 rings (SSSR count). The summed E-state index contributed by atoms with van der Waals surface area (Å²) in [5, 5.41) is 0. The first-order valence-corrected chi connectivity index (χ1v) is 7.07. The van der Waals surface area contributed by atoms with Gasteiger partial charge >= 0.3 is 94.6 Å². The van der Waals surface area contributed by atoms with E-state index in [4.69, 9.17) is 3.07 Å². The van der Waals surface area contributed by atoms with E-state index < -0.39 is 21.6 Å². The standard InChI is InChI=1S/C6H6O.C6H5.Sn/c7-6-4-2-1-3-5-6;1-2-4-6-5-3-1;/h1-5,7H;1-5H;/q;;+1/p-1. The molecule has 0 bridgehead atoms. The summed E-state index contributed by atoms with van der Waals surface area (Å²) in [5.74, 6) is 0.989. The van der Waals surface area contributed by atoms with E-state index in [0.29, 0.717) is 0 Å². The second-order valence-corrected chi connectivity index (χ2v) is 5.70. The van der Waals surface area contributed by atoms with Crippen LogP contribution in [0.1, 0.15) is 0 Å². The van der Waals surface area contributed by atoms with Gasteiger partial charge in [-0.15, -0.1) is 0 Å². The molecule has 2 heteroatoms. The van der Waals surface area contributed by atoms with Gasteiger partial charge in [0.25, 0.3) is 0 Å². The summed E-state index contributed by atoms with van der Waals surface area (Å²) in [4.78, 5) is 0. The molecule has 0 N–H and O–H groups in total. The van der Waals surface area contributed by atoms with Crippen molar-refractivity contribution in [3.05, 3.63) is 60.7 Å². The van der Waals surface area contributed by atoms with Gasteiger partial charge in [0.1, 0.15) is 0 Å². The summed E-state index contributed by atoms with van der Waals surface area (Å²) in [5.41, 5.74) is 0. The molecule has 0 heterocycles. The summed E-state index contributed by atoms with van der Waals surface area (Å²) < 4.78 is 7.12. The average Bonchev–Trinajstić information content (AvgIpc) is 2.29. The Bertz CT molecular complexity index is 333. The molecule has 1 nitrogen and oxygen atoms in total. The Hall–Kier alpha value is -0.961. The van der Waals surface area contributed by atoms with Gasteiger partial charge in [0.15, 0.2) is 0 Å². The Kier molecular flexibility index (Phi) is 3.46. The molecule has 2 aromatic carbocycles. The molecule has 2 radical (unpaired) electrons. The van der Waals surface area contributed by atoms with Gasteiger partial charge in [0.2, 0.25) is 0 Å². The monoisotopic (exact) mass is 290 g/mol. The molecule has 0 aliphatic carbocycles. The SMILES string of the molecule is c1ccc([O][Sn][c]2ccccc2)cc1. The van der Waals surface area contributed by atoms with E-state index in [1.807, 2.05) is 36.4 Å². The van der Waals surface area contributed by atoms with Crippen LogP contribution in [0.4, 0.5) is 0 Å². The number of hydrogen-bond acceptors (Lipinski definition) is 1. The quantitative estimate of drug-likeness (QED) is 0.785. The van der Waals surface area contributed by atoms with Crippen LogP contribution in [0.3, 0.4) is 0 Å². The Labute approximate surface area is 94.5 Å². The van der Waals surface area contributed by atoms with Gasteiger partial charge in [-0.25, -0.2) is 0 Å². The fraction of sp³-hybridized carbons (Fsp3) is 0. The first kappa shape index (κ1) is 9.59. The fourth-order valence-electron chi connectivity index (χ4n) is 1.11. The van der Waals surface area contributed by atoms with Crippen molar-refractivity contribution in [1.82, 2.24) is 0 Å². The van der Waals surface area contributed by atoms with Crippen LogP contribution >= 0.6 is 0 Å². The topological polar surface area (TPSA) is 9.23 Å². The second-order valence-electron chi connectivity index (χ2n) is 2.88. The van der Waals surface area contributed by atoms with Crippen LogP contribution < -0.4 is 6.65 Å². The zero-order valence-electron chi connectivity index (χ0n) is 7.68. The van der Waals surface area contributed by atoms with Crippen molar-refractivity contribution in [2.24, 2.45) is 0 Å². The van der Waals surface area contributed by atoms with Crippen LogP contribution in [-0.4, -0.2) is 21.6 Å². The van der Waals surface area contributed by atoms with Crippen LogP contribution in [0.2, 0.25) is 0 Å². The third-order valence-electron chi connectivity index (χ3n) is 1.80. The van der Waals surface area contributed by atoms with Crippen LogP contribution in [0.5, 0.6) is 5.75 Å². The first-order valence-electron chi connectivity index (χ1n) is 4.48. The molecule has 0 fully saturated rings. The van der Waals surface area contributed by atoms with Gasteiger partial charge in [-0.05, 0) is 0 Å². The number of hydrogen-bond donors (Lipinski definition) is 0. The molecule has 0 unspecified atom stereocenters. The average molecular weight is 289 g/mol. The van der Waals surface area contributed by atoms with E-state index in [1.165, 1.54) is 3.58 Å². The van der Waals surface area contributed by atoms with Gasteiger partial charge in [0.05, 0.1) is 0 Å². The zero-order chi connectivity index (χ0) is 9.64. The fourth-order valence-corrected chi connectivity index (χ4v) is 3.11. The third-order valence-corrected chi connectivity index (χ3v) is 4.39. The Morgan fingerprint density at radius 2 is 1.29 bits per heavy atom. The Morgan fingerprint density at radius 3 is 1.93 bits per heavy atom. The summed E-state index contributed by atoms with van der Waals surface area (Å²) in [6.45, 7) is 0. The Morgan fingerprint density at radius 1 is 0.714 bits per heavy atom. The molecule has 0 atom stereocenters. The summed E-state index contributed by atoms with van der Waals surface area (Å²) in [6, 6.07) is 20.4. The molecule has 2 aromatic rings. The predicted molar refractivity (Wildman–Crippen MR) is 58.9 cm³/mol. The maximum absolute atomic E-state index is 5.76. The van der Waals surface area contributed by atoms with Gasteiger partial charge in [0, 0.05) is 0 Å². The molecule has 0 saturated carbocycles. The summed E-state index contributed by atoms with van der Waals surface area (Å²) in [6.07, 6.45) is 0. The van der Waals surface area contributed by atoms with Crippen molar-refractivity contribution in [1.29, 1.82) is 0 Å². The molecular formula is C12H10OSn. The van der Waals surface area contributed by atoms with Crippen molar-refractivity contribution < 1.29 is 3.07 Å². The molecule has 0 aromatic heterocycles. The van der Waals surface area contributed by atoms with Crippen molar-refractivity contribution in [3.63, 3.8) is 0 Å². The minimum absolute atomic E-state index is 0.887. The molecule has 68 valence electrons. The normalized spacial score (nSPS) is 9.71. The number of rotatable bonds is 3. The van der Waals surface area contributed by atoms with Gasteiger partial charge in [-0.3, -0.25) is 0 Å². The van der Waals surface area contributed by atoms with Crippen molar-refractivity contribution in [2.45, 2.75) is 0 Å². The van der Waals surface area contributed by atoms with E-state index in [0.717, 1.165) is 5.75 Å². The zero-order valence-corrected chi connectivity index (χ0v) is 10.5. The molecule has 0 saturated heterocycles. The van der Waals surface area contributed by atoms with Crippen LogP contribution in [0, 0.1) is 0 Å². The van der Waals surface area contributed by atoms with Crippen molar-refractivity contribution in [3.8, 4) is 5.75 Å². The number of benzene rings is 2. The minimum atomic E-state index is -0.887. The number of para-hydroxylation sites is 1. The van der Waals surface area contributed by atoms with E-state index in [9.17, 15) is 0 Å².